The Balaban J connectivity index is 2.06. The van der Waals surface area contributed by atoms with Gasteiger partial charge in [0.15, 0.2) is 5.78 Å². The highest BCUT2D eigenvalue weighted by Gasteiger charge is 2.34. The van der Waals surface area contributed by atoms with Crippen LogP contribution in [0.5, 0.6) is 23.0 Å². The third-order valence-electron chi connectivity index (χ3n) is 5.23. The molecule has 32 heavy (non-hydrogen) atoms. The second-order valence-corrected chi connectivity index (χ2v) is 7.64. The normalized spacial score (nSPS) is 15.6. The van der Waals surface area contributed by atoms with Gasteiger partial charge in [0.2, 0.25) is 0 Å². The SMILES string of the molecule is CCC(C)=CCc1c(OC(C)=O)cc2c(c1O)C(=O)CC(c1ccccc1OC(C)=O)O2. The van der Waals surface area contributed by atoms with Crippen LogP contribution in [0.1, 0.15) is 68.1 Å². The van der Waals surface area contributed by atoms with E-state index < -0.39 is 18.0 Å². The van der Waals surface area contributed by atoms with Crippen molar-refractivity contribution in [3.63, 3.8) is 0 Å². The number of hydrogen-bond donors (Lipinski definition) is 1. The zero-order valence-electron chi connectivity index (χ0n) is 18.6. The van der Waals surface area contributed by atoms with Crippen molar-refractivity contribution in [2.75, 3.05) is 0 Å². The Bertz CT molecular complexity index is 1100. The van der Waals surface area contributed by atoms with Crippen molar-refractivity contribution >= 4 is 17.7 Å². The molecule has 0 saturated heterocycles. The van der Waals surface area contributed by atoms with Crippen molar-refractivity contribution in [3.05, 3.63) is 58.7 Å². The minimum atomic E-state index is -0.733. The molecule has 0 spiro atoms. The van der Waals surface area contributed by atoms with E-state index in [4.69, 9.17) is 14.2 Å². The standard InChI is InChI=1S/C25H26O7/c1-5-14(2)10-11-18-22(31-16(4)27)13-23-24(25(18)29)19(28)12-21(32-23)17-8-6-7-9-20(17)30-15(3)26/h6-10,13,21,29H,5,11-12H2,1-4H3. The number of phenols is 1. The van der Waals surface area contributed by atoms with E-state index in [2.05, 4.69) is 0 Å². The number of fused-ring (bicyclic) bond motifs is 1. The fraction of sp³-hybridized carbons (Fsp3) is 0.320. The molecule has 0 radical (unpaired) electrons. The Hall–Kier alpha value is -3.61. The zero-order valence-corrected chi connectivity index (χ0v) is 18.6. The van der Waals surface area contributed by atoms with E-state index in [0.29, 0.717) is 23.3 Å². The summed E-state index contributed by atoms with van der Waals surface area (Å²) in [6.07, 6.45) is 2.27. The second kappa shape index (κ2) is 9.68. The van der Waals surface area contributed by atoms with Gasteiger partial charge < -0.3 is 19.3 Å². The molecule has 1 aliphatic heterocycles. The minimum Gasteiger partial charge on any atom is -0.507 e. The third-order valence-corrected chi connectivity index (χ3v) is 5.23. The molecule has 2 aromatic rings. The van der Waals surface area contributed by atoms with Gasteiger partial charge in [0.25, 0.3) is 0 Å². The summed E-state index contributed by atoms with van der Waals surface area (Å²) in [5.41, 5.74) is 2.03. The Morgan fingerprint density at radius 2 is 1.78 bits per heavy atom. The molecule has 0 bridgehead atoms. The van der Waals surface area contributed by atoms with Gasteiger partial charge >= 0.3 is 11.9 Å². The number of esters is 2. The second-order valence-electron chi connectivity index (χ2n) is 7.64. The molecular formula is C25H26O7. The van der Waals surface area contributed by atoms with Crippen LogP contribution in [0.4, 0.5) is 0 Å². The average molecular weight is 438 g/mol. The predicted octanol–water partition coefficient (Wildman–Crippen LogP) is 4.85. The van der Waals surface area contributed by atoms with Crippen molar-refractivity contribution in [1.29, 1.82) is 0 Å². The van der Waals surface area contributed by atoms with E-state index >= 15 is 0 Å². The molecule has 7 heteroatoms. The van der Waals surface area contributed by atoms with Crippen LogP contribution in [0.3, 0.4) is 0 Å². The molecule has 0 aromatic heterocycles. The third kappa shape index (κ3) is 4.99. The van der Waals surface area contributed by atoms with E-state index in [1.165, 1.54) is 19.9 Å². The lowest BCUT2D eigenvalue weighted by Crippen LogP contribution is -2.22. The van der Waals surface area contributed by atoms with Crippen LogP contribution in [0.25, 0.3) is 0 Å². The van der Waals surface area contributed by atoms with Gasteiger partial charge in [-0.1, -0.05) is 36.8 Å². The van der Waals surface area contributed by atoms with Crippen LogP contribution in [0.2, 0.25) is 0 Å². The lowest BCUT2D eigenvalue weighted by Gasteiger charge is -2.28. The first-order chi connectivity index (χ1) is 15.2. The lowest BCUT2D eigenvalue weighted by atomic mass is 9.92. The molecule has 1 heterocycles. The topological polar surface area (TPSA) is 99.1 Å². The van der Waals surface area contributed by atoms with E-state index in [-0.39, 0.29) is 35.0 Å². The number of Topliss-reactive ketones (excluding diaryl/α,β-unsaturated/α-hetero) is 1. The number of allylic oxidation sites excluding steroid dienone is 2. The molecular weight excluding hydrogens is 412 g/mol. The first-order valence-electron chi connectivity index (χ1n) is 10.4. The molecule has 1 aliphatic rings. The van der Waals surface area contributed by atoms with Crippen LogP contribution in [-0.4, -0.2) is 22.8 Å². The lowest BCUT2D eigenvalue weighted by molar-refractivity contribution is -0.132. The number of ketones is 1. The average Bonchev–Trinajstić information content (AvgIpc) is 2.72. The number of carbonyl (C=O) groups excluding carboxylic acids is 3. The van der Waals surface area contributed by atoms with Crippen LogP contribution in [0, 0.1) is 0 Å². The molecule has 1 atom stereocenters. The molecule has 0 amide bonds. The van der Waals surface area contributed by atoms with Crippen LogP contribution >= 0.6 is 0 Å². The van der Waals surface area contributed by atoms with E-state index in [9.17, 15) is 19.5 Å². The van der Waals surface area contributed by atoms with E-state index in [0.717, 1.165) is 12.0 Å². The highest BCUT2D eigenvalue weighted by molar-refractivity contribution is 6.03. The van der Waals surface area contributed by atoms with Crippen LogP contribution < -0.4 is 14.2 Å². The van der Waals surface area contributed by atoms with Gasteiger partial charge in [-0.05, 0) is 25.8 Å². The Labute approximate surface area is 186 Å². The summed E-state index contributed by atoms with van der Waals surface area (Å²) < 4.78 is 16.6. The fourth-order valence-electron chi connectivity index (χ4n) is 3.52. The maximum Gasteiger partial charge on any atom is 0.308 e. The molecule has 1 unspecified atom stereocenters. The van der Waals surface area contributed by atoms with Gasteiger partial charge in [0.1, 0.15) is 34.7 Å². The van der Waals surface area contributed by atoms with Crippen LogP contribution in [0.15, 0.2) is 42.0 Å². The largest absolute Gasteiger partial charge is 0.507 e. The van der Waals surface area contributed by atoms with Crippen LogP contribution in [-0.2, 0) is 16.0 Å². The minimum absolute atomic E-state index is 0.0466. The highest BCUT2D eigenvalue weighted by Crippen LogP contribution is 2.46. The first kappa shape index (κ1) is 23.1. The molecule has 0 fully saturated rings. The summed E-state index contributed by atoms with van der Waals surface area (Å²) >= 11 is 0. The van der Waals surface area contributed by atoms with Crippen molar-refractivity contribution in [3.8, 4) is 23.0 Å². The van der Waals surface area contributed by atoms with Gasteiger partial charge in [0, 0.05) is 31.0 Å². The van der Waals surface area contributed by atoms with Gasteiger partial charge in [-0.25, -0.2) is 0 Å². The molecule has 0 saturated carbocycles. The summed E-state index contributed by atoms with van der Waals surface area (Å²) in [6, 6.07) is 8.25. The number of carbonyl (C=O) groups is 3. The predicted molar refractivity (Wildman–Crippen MR) is 117 cm³/mol. The number of ether oxygens (including phenoxy) is 3. The molecule has 0 aliphatic carbocycles. The van der Waals surface area contributed by atoms with Crippen molar-refractivity contribution in [1.82, 2.24) is 0 Å². The number of aromatic hydroxyl groups is 1. The van der Waals surface area contributed by atoms with Gasteiger partial charge in [-0.2, -0.15) is 0 Å². The molecule has 1 N–H and O–H groups in total. The first-order valence-corrected chi connectivity index (χ1v) is 10.4. The van der Waals surface area contributed by atoms with Gasteiger partial charge in [-0.15, -0.1) is 0 Å². The molecule has 2 aromatic carbocycles. The maximum atomic E-state index is 13.0. The molecule has 7 nitrogen and oxygen atoms in total. The quantitative estimate of drug-likeness (QED) is 0.391. The summed E-state index contributed by atoms with van der Waals surface area (Å²) in [7, 11) is 0. The van der Waals surface area contributed by atoms with E-state index in [1.54, 1.807) is 24.3 Å². The van der Waals surface area contributed by atoms with Gasteiger partial charge in [0.05, 0.1) is 6.42 Å². The number of benzene rings is 2. The summed E-state index contributed by atoms with van der Waals surface area (Å²) in [4.78, 5) is 36.1. The Morgan fingerprint density at radius 1 is 1.12 bits per heavy atom. The zero-order chi connectivity index (χ0) is 23.4. The highest BCUT2D eigenvalue weighted by atomic mass is 16.5. The maximum absolute atomic E-state index is 13.0. The monoisotopic (exact) mass is 438 g/mol. The summed E-state index contributed by atoms with van der Waals surface area (Å²) in [6.45, 7) is 6.52. The Kier molecular flexibility index (Phi) is 6.98. The van der Waals surface area contributed by atoms with E-state index in [1.807, 2.05) is 19.9 Å². The number of rotatable bonds is 6. The molecule has 3 rings (SSSR count). The van der Waals surface area contributed by atoms with Crippen molar-refractivity contribution < 1.29 is 33.7 Å². The Morgan fingerprint density at radius 3 is 2.44 bits per heavy atom. The number of hydrogen-bond acceptors (Lipinski definition) is 7. The van der Waals surface area contributed by atoms with Gasteiger partial charge in [-0.3, -0.25) is 14.4 Å². The molecule has 168 valence electrons. The van der Waals surface area contributed by atoms with Crippen molar-refractivity contribution in [2.45, 2.75) is 53.1 Å². The van der Waals surface area contributed by atoms with Crippen molar-refractivity contribution in [2.24, 2.45) is 0 Å². The summed E-state index contributed by atoms with van der Waals surface area (Å²) in [5.74, 6) is -1.08. The fourth-order valence-corrected chi connectivity index (χ4v) is 3.52. The smallest absolute Gasteiger partial charge is 0.308 e. The summed E-state index contributed by atoms with van der Waals surface area (Å²) in [5, 5.41) is 10.9. The number of phenolic OH excluding ortho intramolecular Hbond substituents is 1. The number of para-hydroxylation sites is 1.